The van der Waals surface area contributed by atoms with Gasteiger partial charge in [0.1, 0.15) is 17.5 Å². The molecule has 21 heavy (non-hydrogen) atoms. The summed E-state index contributed by atoms with van der Waals surface area (Å²) in [5.74, 6) is -2.99. The molecule has 0 fully saturated rings. The number of pyridine rings is 1. The molecule has 5 heteroatoms. The fourth-order valence-corrected chi connectivity index (χ4v) is 2.38. The smallest absolute Gasteiger partial charge is 0.134 e. The minimum absolute atomic E-state index is 0.366. The zero-order chi connectivity index (χ0) is 15.0. The highest BCUT2D eigenvalue weighted by Gasteiger charge is 2.21. The monoisotopic (exact) mass is 288 g/mol. The second kappa shape index (κ2) is 5.18. The first-order valence-corrected chi connectivity index (χ1v) is 6.31. The Morgan fingerprint density at radius 3 is 2.33 bits per heavy atom. The lowest BCUT2D eigenvalue weighted by atomic mass is 9.96. The molecule has 1 aromatic heterocycles. The van der Waals surface area contributed by atoms with E-state index in [0.717, 1.165) is 5.39 Å². The molecule has 2 N–H and O–H groups in total. The van der Waals surface area contributed by atoms with Gasteiger partial charge < -0.3 is 5.73 Å². The largest absolute Gasteiger partial charge is 0.320 e. The van der Waals surface area contributed by atoms with Crippen LogP contribution in [0.25, 0.3) is 10.9 Å². The van der Waals surface area contributed by atoms with E-state index < -0.39 is 23.5 Å². The van der Waals surface area contributed by atoms with Gasteiger partial charge in [0.2, 0.25) is 0 Å². The fraction of sp³-hybridized carbons (Fsp3) is 0.0625. The van der Waals surface area contributed by atoms with E-state index in [0.29, 0.717) is 23.2 Å². The van der Waals surface area contributed by atoms with Crippen LogP contribution in [0.4, 0.5) is 13.2 Å². The van der Waals surface area contributed by atoms with Crippen LogP contribution in [0.5, 0.6) is 0 Å². The molecule has 2 aromatic carbocycles. The normalized spacial score (nSPS) is 12.6. The molecule has 2 nitrogen and oxygen atoms in total. The molecule has 0 aliphatic rings. The quantitative estimate of drug-likeness (QED) is 0.781. The van der Waals surface area contributed by atoms with Crippen LogP contribution in [0, 0.1) is 17.5 Å². The summed E-state index contributed by atoms with van der Waals surface area (Å²) in [5, 5.41) is 0.813. The molecule has 0 bridgehead atoms. The first-order chi connectivity index (χ1) is 10.1. The summed E-state index contributed by atoms with van der Waals surface area (Å²) in [7, 11) is 0. The van der Waals surface area contributed by atoms with Crippen molar-refractivity contribution in [2.75, 3.05) is 0 Å². The summed E-state index contributed by atoms with van der Waals surface area (Å²) in [5.41, 5.74) is 6.67. The highest BCUT2D eigenvalue weighted by Crippen LogP contribution is 2.29. The van der Waals surface area contributed by atoms with Crippen molar-refractivity contribution < 1.29 is 13.2 Å². The number of halogens is 3. The number of nitrogens with two attached hydrogens (primary N) is 1. The van der Waals surface area contributed by atoms with Gasteiger partial charge in [-0.05, 0) is 11.6 Å². The van der Waals surface area contributed by atoms with Crippen molar-refractivity contribution >= 4 is 10.9 Å². The Hall–Kier alpha value is -2.40. The predicted molar refractivity (Wildman–Crippen MR) is 74.1 cm³/mol. The summed E-state index contributed by atoms with van der Waals surface area (Å²) < 4.78 is 40.7. The zero-order valence-electron chi connectivity index (χ0n) is 10.9. The van der Waals surface area contributed by atoms with Crippen LogP contribution >= 0.6 is 0 Å². The number of fused-ring (bicyclic) bond motifs is 1. The van der Waals surface area contributed by atoms with E-state index in [4.69, 9.17) is 5.73 Å². The highest BCUT2D eigenvalue weighted by atomic mass is 19.1. The summed E-state index contributed by atoms with van der Waals surface area (Å²) in [6, 6.07) is 8.99. The second-order valence-corrected chi connectivity index (χ2v) is 4.68. The molecule has 3 aromatic rings. The third kappa shape index (κ3) is 2.36. The SMILES string of the molecule is NC(c1c(F)cc(F)cc1F)c1cccc2cccnc12. The van der Waals surface area contributed by atoms with E-state index in [2.05, 4.69) is 4.98 Å². The van der Waals surface area contributed by atoms with Gasteiger partial charge in [0, 0.05) is 29.3 Å². The maximum atomic E-state index is 13.9. The average molecular weight is 288 g/mol. The molecule has 3 rings (SSSR count). The standard InChI is InChI=1S/C16H11F3N2/c17-10-7-12(18)14(13(19)8-10)15(20)11-5-1-3-9-4-2-6-21-16(9)11/h1-8,15H,20H2. The number of hydrogen-bond donors (Lipinski definition) is 1. The molecule has 1 unspecified atom stereocenters. The molecular weight excluding hydrogens is 277 g/mol. The van der Waals surface area contributed by atoms with Crippen molar-refractivity contribution in [2.45, 2.75) is 6.04 Å². The van der Waals surface area contributed by atoms with E-state index in [1.807, 2.05) is 12.1 Å². The lowest BCUT2D eigenvalue weighted by molar-refractivity contribution is 0.515. The van der Waals surface area contributed by atoms with Crippen LogP contribution in [0.1, 0.15) is 17.2 Å². The van der Waals surface area contributed by atoms with Crippen LogP contribution in [0.2, 0.25) is 0 Å². The van der Waals surface area contributed by atoms with Gasteiger partial charge >= 0.3 is 0 Å². The Labute approximate surface area is 119 Å². The summed E-state index contributed by atoms with van der Waals surface area (Å²) >= 11 is 0. The maximum absolute atomic E-state index is 13.9. The molecule has 0 spiro atoms. The molecule has 0 amide bonds. The minimum Gasteiger partial charge on any atom is -0.320 e. The van der Waals surface area contributed by atoms with Crippen molar-refractivity contribution in [3.63, 3.8) is 0 Å². The molecule has 1 atom stereocenters. The molecule has 0 radical (unpaired) electrons. The number of aromatic nitrogens is 1. The minimum atomic E-state index is -1.07. The van der Waals surface area contributed by atoms with E-state index in [-0.39, 0.29) is 5.56 Å². The predicted octanol–water partition coefficient (Wildman–Crippen LogP) is 3.70. The average Bonchev–Trinajstić information content (AvgIpc) is 2.45. The number of nitrogens with zero attached hydrogens (tertiary/aromatic N) is 1. The zero-order valence-corrected chi connectivity index (χ0v) is 10.9. The van der Waals surface area contributed by atoms with Crippen LogP contribution in [-0.2, 0) is 0 Å². The number of para-hydroxylation sites is 1. The van der Waals surface area contributed by atoms with E-state index in [9.17, 15) is 13.2 Å². The van der Waals surface area contributed by atoms with E-state index in [1.165, 1.54) is 0 Å². The third-order valence-corrected chi connectivity index (χ3v) is 3.35. The summed E-state index contributed by atoms with van der Waals surface area (Å²) in [4.78, 5) is 4.21. The van der Waals surface area contributed by atoms with Crippen molar-refractivity contribution in [2.24, 2.45) is 5.73 Å². The van der Waals surface area contributed by atoms with Crippen LogP contribution < -0.4 is 5.73 Å². The Bertz CT molecular complexity index is 789. The van der Waals surface area contributed by atoms with Gasteiger partial charge in [-0.1, -0.05) is 24.3 Å². The number of hydrogen-bond acceptors (Lipinski definition) is 2. The van der Waals surface area contributed by atoms with Gasteiger partial charge in [0.25, 0.3) is 0 Å². The molecular formula is C16H11F3N2. The van der Waals surface area contributed by atoms with Crippen LogP contribution in [-0.4, -0.2) is 4.98 Å². The van der Waals surface area contributed by atoms with E-state index in [1.54, 1.807) is 24.4 Å². The second-order valence-electron chi connectivity index (χ2n) is 4.68. The van der Waals surface area contributed by atoms with Gasteiger partial charge in [-0.15, -0.1) is 0 Å². The van der Waals surface area contributed by atoms with Gasteiger partial charge in [-0.3, -0.25) is 4.98 Å². The van der Waals surface area contributed by atoms with Gasteiger partial charge in [0.05, 0.1) is 11.6 Å². The fourth-order valence-electron chi connectivity index (χ4n) is 2.38. The third-order valence-electron chi connectivity index (χ3n) is 3.35. The summed E-state index contributed by atoms with van der Waals surface area (Å²) in [6.07, 6.45) is 1.58. The van der Waals surface area contributed by atoms with E-state index >= 15 is 0 Å². The summed E-state index contributed by atoms with van der Waals surface area (Å²) in [6.45, 7) is 0. The first-order valence-electron chi connectivity index (χ1n) is 6.31. The Balaban J connectivity index is 2.20. The molecule has 1 heterocycles. The molecule has 0 aliphatic carbocycles. The maximum Gasteiger partial charge on any atom is 0.134 e. The van der Waals surface area contributed by atoms with Gasteiger partial charge in [-0.25, -0.2) is 13.2 Å². The molecule has 106 valence electrons. The van der Waals surface area contributed by atoms with Crippen molar-refractivity contribution in [3.8, 4) is 0 Å². The lowest BCUT2D eigenvalue weighted by Crippen LogP contribution is -2.16. The van der Waals surface area contributed by atoms with Gasteiger partial charge in [-0.2, -0.15) is 0 Å². The number of benzene rings is 2. The molecule has 0 saturated carbocycles. The Kier molecular flexibility index (Phi) is 3.35. The van der Waals surface area contributed by atoms with Crippen molar-refractivity contribution in [3.05, 3.63) is 77.2 Å². The van der Waals surface area contributed by atoms with Crippen molar-refractivity contribution in [1.82, 2.24) is 4.98 Å². The topological polar surface area (TPSA) is 38.9 Å². The number of rotatable bonds is 2. The van der Waals surface area contributed by atoms with Crippen LogP contribution in [0.3, 0.4) is 0 Å². The van der Waals surface area contributed by atoms with Gasteiger partial charge in [0.15, 0.2) is 0 Å². The molecule has 0 saturated heterocycles. The van der Waals surface area contributed by atoms with Crippen molar-refractivity contribution in [1.29, 1.82) is 0 Å². The highest BCUT2D eigenvalue weighted by molar-refractivity contribution is 5.82. The first kappa shape index (κ1) is 13.6. The Morgan fingerprint density at radius 2 is 1.62 bits per heavy atom. The van der Waals surface area contributed by atoms with Crippen LogP contribution in [0.15, 0.2) is 48.7 Å². The Morgan fingerprint density at radius 1 is 0.952 bits per heavy atom. The lowest BCUT2D eigenvalue weighted by Gasteiger charge is -2.16. The molecule has 0 aliphatic heterocycles.